The first kappa shape index (κ1) is 38.8. The van der Waals surface area contributed by atoms with Gasteiger partial charge in [-0.25, -0.2) is 23.1 Å². The summed E-state index contributed by atoms with van der Waals surface area (Å²) < 4.78 is 50.3. The molecule has 2 aliphatic heterocycles. The Kier molecular flexibility index (Phi) is 8.52. The van der Waals surface area contributed by atoms with Crippen LogP contribution in [0.4, 0.5) is 8.78 Å². The number of ether oxygens (including phenoxy) is 1. The van der Waals surface area contributed by atoms with Gasteiger partial charge in [0.15, 0.2) is 11.6 Å². The zero-order valence-electron chi connectivity index (χ0n) is 35.5. The molecule has 8 heterocycles. The lowest BCUT2D eigenvalue weighted by molar-refractivity contribution is 0.0675. The predicted molar refractivity (Wildman–Crippen MR) is 230 cm³/mol. The summed E-state index contributed by atoms with van der Waals surface area (Å²) in [7, 11) is 0. The Bertz CT molecular complexity index is 3330. The second-order valence-corrected chi connectivity index (χ2v) is 18.0. The molecule has 64 heavy (non-hydrogen) atoms. The highest BCUT2D eigenvalue weighted by atomic mass is 19.1. The highest BCUT2D eigenvalue weighted by Gasteiger charge is 2.53. The monoisotopic (exact) mass is 866 g/mol. The number of aromatic nitrogens is 9. The van der Waals surface area contributed by atoms with Crippen molar-refractivity contribution in [1.82, 2.24) is 48.1 Å². The second kappa shape index (κ2) is 14.1. The summed E-state index contributed by atoms with van der Waals surface area (Å²) in [5, 5.41) is 14.0. The molecule has 2 saturated carbocycles. The Morgan fingerprint density at radius 3 is 2.39 bits per heavy atom. The van der Waals surface area contributed by atoms with Gasteiger partial charge in [-0.05, 0) is 112 Å². The van der Waals surface area contributed by atoms with Gasteiger partial charge in [0, 0.05) is 62.1 Å². The molecule has 1 unspecified atom stereocenters. The molecule has 8 aromatic rings. The Hall–Kier alpha value is -6.88. The van der Waals surface area contributed by atoms with Crippen molar-refractivity contribution in [3.63, 3.8) is 0 Å². The van der Waals surface area contributed by atoms with Crippen LogP contribution in [0.5, 0.6) is 0 Å². The van der Waals surface area contributed by atoms with Gasteiger partial charge in [0.1, 0.15) is 11.6 Å². The summed E-state index contributed by atoms with van der Waals surface area (Å²) in [5.41, 5.74) is 5.32. The number of rotatable bonds is 8. The van der Waals surface area contributed by atoms with E-state index in [1.54, 1.807) is 53.9 Å². The quantitative estimate of drug-likeness (QED) is 0.170. The molecule has 6 aromatic heterocycles. The molecule has 15 nitrogen and oxygen atoms in total. The van der Waals surface area contributed by atoms with Gasteiger partial charge in [0.2, 0.25) is 0 Å². The number of benzene rings is 2. The van der Waals surface area contributed by atoms with E-state index in [9.17, 15) is 9.59 Å². The van der Waals surface area contributed by atoms with Crippen molar-refractivity contribution in [2.24, 2.45) is 0 Å². The summed E-state index contributed by atoms with van der Waals surface area (Å²) >= 11 is 0. The number of fused-ring (bicyclic) bond motifs is 3. The molecular weight excluding hydrogens is 823 g/mol. The minimum Gasteiger partial charge on any atom is -0.381 e. The number of carbonyl (C=O) groups excluding carboxylic acids is 1. The van der Waals surface area contributed by atoms with Crippen LogP contribution in [-0.4, -0.2) is 73.8 Å². The largest absolute Gasteiger partial charge is 0.438 e. The fourth-order valence-electron chi connectivity index (χ4n) is 10.4. The van der Waals surface area contributed by atoms with Gasteiger partial charge in [0.05, 0.1) is 62.7 Å². The molecule has 3 fully saturated rings. The maximum Gasteiger partial charge on any atom is 0.438 e. The van der Waals surface area contributed by atoms with Gasteiger partial charge in [-0.1, -0.05) is 11.2 Å². The lowest BCUT2D eigenvalue weighted by atomic mass is 9.90. The lowest BCUT2D eigenvalue weighted by Crippen LogP contribution is -2.40. The number of carbonyl (C=O) groups is 1. The van der Waals surface area contributed by atoms with Crippen molar-refractivity contribution in [1.29, 1.82) is 0 Å². The van der Waals surface area contributed by atoms with Crippen LogP contribution in [0.3, 0.4) is 0 Å². The van der Waals surface area contributed by atoms with E-state index in [1.807, 2.05) is 22.2 Å². The smallest absolute Gasteiger partial charge is 0.381 e. The fraction of sp³-hybridized carbons (Fsp3) is 0.362. The molecule has 17 heteroatoms. The standard InChI is InChI=1S/C47H44F2N10O5/c1-25-20-31(21-26(2)40(25)48)59-42(57-17-16-56(46(57)62)37-9-8-35-32(41(37)49)22-50-58(35)30-5-6-30)38-27(3)55(15-10-34(38)52-59)43(60)33-24-54-23-29(28-11-18-63-19-12-28)4-7-36(54)39(33)47(13-14-47)44-51-45(61)64-53-44/h4,7-9,16-17,20-24,27-28,30H,5-6,10-15,18-19H2,1-3H3,(H,51,53,61). The average Bonchev–Trinajstić information content (AvgIpc) is 4.00. The summed E-state index contributed by atoms with van der Waals surface area (Å²) in [5.74, 6) is -0.742. The van der Waals surface area contributed by atoms with Crippen LogP contribution in [-0.2, 0) is 16.6 Å². The Morgan fingerprint density at radius 1 is 0.922 bits per heavy atom. The van der Waals surface area contributed by atoms with Crippen molar-refractivity contribution in [3.05, 3.63) is 145 Å². The molecule has 1 amide bonds. The van der Waals surface area contributed by atoms with Crippen molar-refractivity contribution in [3.8, 4) is 17.2 Å². The van der Waals surface area contributed by atoms with Crippen molar-refractivity contribution in [2.45, 2.75) is 89.1 Å². The minimum atomic E-state index is -0.740. The lowest BCUT2D eigenvalue weighted by Gasteiger charge is -2.34. The first-order valence-corrected chi connectivity index (χ1v) is 22.0. The van der Waals surface area contributed by atoms with Crippen molar-refractivity contribution < 1.29 is 22.8 Å². The number of hydrogen-bond acceptors (Lipinski definition) is 8. The number of amides is 1. The molecular formula is C47H44F2N10O5. The molecule has 326 valence electrons. The number of imidazole rings is 1. The van der Waals surface area contributed by atoms with Crippen LogP contribution in [0.2, 0.25) is 0 Å². The van der Waals surface area contributed by atoms with Gasteiger partial charge in [0.25, 0.3) is 5.91 Å². The third-order valence-corrected chi connectivity index (χ3v) is 14.1. The third kappa shape index (κ3) is 5.78. The number of nitrogens with zero attached hydrogens (tertiary/aromatic N) is 9. The van der Waals surface area contributed by atoms with E-state index in [4.69, 9.17) is 14.4 Å². The normalized spacial score (nSPS) is 18.6. The number of hydrogen-bond donors (Lipinski definition) is 1. The fourth-order valence-corrected chi connectivity index (χ4v) is 10.4. The molecule has 1 N–H and O–H groups in total. The number of halogens is 2. The van der Waals surface area contributed by atoms with Gasteiger partial charge in [-0.2, -0.15) is 10.2 Å². The Balaban J connectivity index is 0.992. The van der Waals surface area contributed by atoms with Crippen molar-refractivity contribution in [2.75, 3.05) is 19.8 Å². The summed E-state index contributed by atoms with van der Waals surface area (Å²) in [6, 6.07) is 10.6. The number of nitrogens with one attached hydrogen (secondary N) is 1. The zero-order chi connectivity index (χ0) is 43.8. The van der Waals surface area contributed by atoms with Crippen molar-refractivity contribution >= 4 is 22.3 Å². The van der Waals surface area contributed by atoms with Gasteiger partial charge in [-0.3, -0.25) is 28.1 Å². The molecule has 2 aliphatic carbocycles. The molecule has 2 aromatic carbocycles. The van der Waals surface area contributed by atoms with E-state index in [0.717, 1.165) is 42.3 Å². The number of H-pyrrole nitrogens is 1. The van der Waals surface area contributed by atoms with Gasteiger partial charge >= 0.3 is 11.4 Å². The highest BCUT2D eigenvalue weighted by Crippen LogP contribution is 2.55. The SMILES string of the molecule is Cc1cc(-n2nc3c(c2-n2ccn(-c4ccc5c(cnn5C5CC5)c4F)c2=O)C(C)N(C(=O)c2cn4cc(C5CCOCC5)ccc4c2C2(c4noc(=O)[nH]4)CC2)CC3)cc(C)c1F. The maximum absolute atomic E-state index is 16.4. The van der Waals surface area contributed by atoms with Gasteiger partial charge < -0.3 is 14.0 Å². The highest BCUT2D eigenvalue weighted by molar-refractivity contribution is 5.99. The van der Waals surface area contributed by atoms with E-state index in [1.165, 1.54) is 21.5 Å². The number of aryl methyl sites for hydroxylation is 2. The average molecular weight is 867 g/mol. The summed E-state index contributed by atoms with van der Waals surface area (Å²) in [6.07, 6.45) is 14.0. The predicted octanol–water partition coefficient (Wildman–Crippen LogP) is 7.06. The minimum absolute atomic E-state index is 0.0700. The third-order valence-electron chi connectivity index (χ3n) is 14.1. The van der Waals surface area contributed by atoms with E-state index in [0.29, 0.717) is 101 Å². The van der Waals surface area contributed by atoms with Crippen LogP contribution in [0.15, 0.2) is 81.5 Å². The van der Waals surface area contributed by atoms with E-state index >= 15 is 13.6 Å². The maximum atomic E-state index is 16.4. The van der Waals surface area contributed by atoms with E-state index < -0.39 is 28.7 Å². The Labute approximate surface area is 363 Å². The van der Waals surface area contributed by atoms with Crippen LogP contribution in [0, 0.1) is 25.5 Å². The van der Waals surface area contributed by atoms with Crippen LogP contribution in [0.1, 0.15) is 113 Å². The number of aromatic amines is 1. The number of pyridine rings is 1. The first-order chi connectivity index (χ1) is 31.0. The van der Waals surface area contributed by atoms with Crippen LogP contribution in [0.25, 0.3) is 33.6 Å². The first-order valence-electron chi connectivity index (χ1n) is 22.0. The molecule has 0 bridgehead atoms. The molecule has 4 aliphatic rings. The molecule has 0 radical (unpaired) electrons. The molecule has 12 rings (SSSR count). The topological polar surface area (TPSA) is 155 Å². The molecule has 0 spiro atoms. The zero-order valence-corrected chi connectivity index (χ0v) is 35.5. The van der Waals surface area contributed by atoms with E-state index in [2.05, 4.69) is 33.6 Å². The van der Waals surface area contributed by atoms with Crippen LogP contribution >= 0.6 is 0 Å². The van der Waals surface area contributed by atoms with E-state index in [-0.39, 0.29) is 23.5 Å². The Morgan fingerprint density at radius 2 is 1.67 bits per heavy atom. The molecule has 1 saturated heterocycles. The second-order valence-electron chi connectivity index (χ2n) is 18.0. The molecule has 1 atom stereocenters. The summed E-state index contributed by atoms with van der Waals surface area (Å²) in [4.78, 5) is 47.0. The summed E-state index contributed by atoms with van der Waals surface area (Å²) in [6.45, 7) is 6.97. The van der Waals surface area contributed by atoms with Crippen LogP contribution < -0.4 is 11.4 Å². The van der Waals surface area contributed by atoms with Gasteiger partial charge in [-0.15, -0.1) is 0 Å².